The maximum Gasteiger partial charge on any atom is 0.295 e. The molecule has 0 aliphatic carbocycles. The van der Waals surface area contributed by atoms with E-state index >= 15 is 0 Å². The summed E-state index contributed by atoms with van der Waals surface area (Å²) < 4.78 is 11.4. The number of carbonyl (C=O) groups is 2. The fourth-order valence-electron chi connectivity index (χ4n) is 4.57. The van der Waals surface area contributed by atoms with Crippen molar-refractivity contribution in [2.45, 2.75) is 33.4 Å². The van der Waals surface area contributed by atoms with E-state index in [0.717, 1.165) is 16.8 Å². The molecular weight excluding hydrogens is 492 g/mol. The smallest absolute Gasteiger partial charge is 0.295 e. The van der Waals surface area contributed by atoms with Crippen LogP contribution in [0.15, 0.2) is 78.4 Å². The van der Waals surface area contributed by atoms with E-state index in [1.165, 1.54) is 4.90 Å². The van der Waals surface area contributed by atoms with E-state index in [1.807, 2.05) is 74.4 Å². The second-order valence-electron chi connectivity index (χ2n) is 10.2. The van der Waals surface area contributed by atoms with E-state index in [2.05, 4.69) is 13.8 Å². The molecule has 1 N–H and O–H groups in total. The average molecular weight is 529 g/mol. The van der Waals surface area contributed by atoms with E-state index in [4.69, 9.17) is 9.47 Å². The summed E-state index contributed by atoms with van der Waals surface area (Å²) in [6, 6.07) is 21.3. The maximum atomic E-state index is 13.4. The Balaban J connectivity index is 1.76. The lowest BCUT2D eigenvalue weighted by Crippen LogP contribution is -2.29. The first-order valence-electron chi connectivity index (χ1n) is 13.2. The molecule has 3 aromatic carbocycles. The summed E-state index contributed by atoms with van der Waals surface area (Å²) in [5, 5.41) is 11.4. The summed E-state index contributed by atoms with van der Waals surface area (Å²) in [6.07, 6.45) is 0. The third-order valence-electron chi connectivity index (χ3n) is 6.54. The number of carbonyl (C=O) groups excluding carboxylic acids is 2. The predicted octanol–water partition coefficient (Wildman–Crippen LogP) is 5.81. The Bertz CT molecular complexity index is 1340. The van der Waals surface area contributed by atoms with Gasteiger partial charge in [0.05, 0.1) is 24.8 Å². The molecular formula is C32H36N2O5. The number of benzene rings is 3. The largest absolute Gasteiger partial charge is 0.507 e. The van der Waals surface area contributed by atoms with Gasteiger partial charge in [-0.15, -0.1) is 0 Å². The molecule has 0 saturated carbocycles. The average Bonchev–Trinajstić information content (AvgIpc) is 3.17. The number of nitrogens with zero attached hydrogens (tertiary/aromatic N) is 2. The van der Waals surface area contributed by atoms with Crippen LogP contribution in [0.25, 0.3) is 5.76 Å². The van der Waals surface area contributed by atoms with Crippen molar-refractivity contribution in [3.8, 4) is 11.5 Å². The minimum Gasteiger partial charge on any atom is -0.507 e. The van der Waals surface area contributed by atoms with Crippen molar-refractivity contribution < 1.29 is 24.2 Å². The van der Waals surface area contributed by atoms with Crippen LogP contribution in [0.1, 0.15) is 43.5 Å². The summed E-state index contributed by atoms with van der Waals surface area (Å²) in [6.45, 7) is 7.32. The molecule has 1 aliphatic heterocycles. The first-order chi connectivity index (χ1) is 18.7. The molecule has 0 aromatic heterocycles. The molecule has 0 radical (unpaired) electrons. The number of amides is 1. The predicted molar refractivity (Wildman–Crippen MR) is 153 cm³/mol. The van der Waals surface area contributed by atoms with Crippen LogP contribution < -0.4 is 14.4 Å². The molecule has 0 spiro atoms. The summed E-state index contributed by atoms with van der Waals surface area (Å²) in [5.41, 5.74) is 3.05. The van der Waals surface area contributed by atoms with E-state index in [1.54, 1.807) is 24.3 Å². The van der Waals surface area contributed by atoms with Crippen molar-refractivity contribution >= 4 is 23.1 Å². The Morgan fingerprint density at radius 2 is 1.64 bits per heavy atom. The van der Waals surface area contributed by atoms with Crippen molar-refractivity contribution in [1.82, 2.24) is 4.90 Å². The number of rotatable bonds is 10. The highest BCUT2D eigenvalue weighted by atomic mass is 16.5. The lowest BCUT2D eigenvalue weighted by atomic mass is 9.95. The van der Waals surface area contributed by atoms with Crippen molar-refractivity contribution in [3.05, 3.63) is 95.1 Å². The molecule has 1 aliphatic rings. The van der Waals surface area contributed by atoms with Crippen LogP contribution in [-0.2, 0) is 16.1 Å². The number of likely N-dealkylation sites (tertiary alicyclic amines) is 1. The number of hydrogen-bond donors (Lipinski definition) is 1. The van der Waals surface area contributed by atoms with Gasteiger partial charge in [-0.05, 0) is 72.5 Å². The van der Waals surface area contributed by atoms with Gasteiger partial charge in [-0.25, -0.2) is 0 Å². The van der Waals surface area contributed by atoms with E-state index in [0.29, 0.717) is 36.2 Å². The number of aliphatic hydroxyl groups is 1. The van der Waals surface area contributed by atoms with Crippen molar-refractivity contribution in [1.29, 1.82) is 0 Å². The van der Waals surface area contributed by atoms with Gasteiger partial charge >= 0.3 is 0 Å². The van der Waals surface area contributed by atoms with Crippen LogP contribution in [0.2, 0.25) is 0 Å². The number of ether oxygens (including phenoxy) is 2. The Hall–Kier alpha value is -4.26. The third-order valence-corrected chi connectivity index (χ3v) is 6.54. The number of hydrogen-bond acceptors (Lipinski definition) is 6. The zero-order valence-electron chi connectivity index (χ0n) is 23.2. The number of ketones is 1. The molecule has 204 valence electrons. The first-order valence-corrected chi connectivity index (χ1v) is 13.2. The van der Waals surface area contributed by atoms with Gasteiger partial charge in [0.15, 0.2) is 0 Å². The molecule has 0 bridgehead atoms. The maximum absolute atomic E-state index is 13.4. The van der Waals surface area contributed by atoms with E-state index < -0.39 is 17.7 Å². The van der Waals surface area contributed by atoms with Gasteiger partial charge in [0, 0.05) is 31.9 Å². The lowest BCUT2D eigenvalue weighted by Gasteiger charge is -2.26. The molecule has 1 fully saturated rings. The lowest BCUT2D eigenvalue weighted by molar-refractivity contribution is -0.140. The zero-order valence-corrected chi connectivity index (χ0v) is 23.2. The Morgan fingerprint density at radius 1 is 0.949 bits per heavy atom. The highest BCUT2D eigenvalue weighted by Crippen LogP contribution is 2.41. The van der Waals surface area contributed by atoms with Crippen LogP contribution in [0.3, 0.4) is 0 Å². The Morgan fingerprint density at radius 3 is 2.26 bits per heavy atom. The molecule has 1 unspecified atom stereocenters. The topological polar surface area (TPSA) is 79.3 Å². The normalized spacial score (nSPS) is 16.6. The van der Waals surface area contributed by atoms with Crippen LogP contribution in [0.4, 0.5) is 5.69 Å². The number of aliphatic hydroxyl groups excluding tert-OH is 1. The SMILES string of the molecule is CCOc1cccc(CN2C(=O)C(=O)/C(=C(\O)c3ccc(OCC(C)C)cc3)C2c2ccc(N(C)C)cc2)c1. The van der Waals surface area contributed by atoms with Gasteiger partial charge in [-0.3, -0.25) is 9.59 Å². The third kappa shape index (κ3) is 6.25. The van der Waals surface area contributed by atoms with Gasteiger partial charge in [0.25, 0.3) is 11.7 Å². The van der Waals surface area contributed by atoms with Crippen molar-refractivity contribution in [2.75, 3.05) is 32.2 Å². The quantitative estimate of drug-likeness (QED) is 0.203. The van der Waals surface area contributed by atoms with Gasteiger partial charge in [0.1, 0.15) is 17.3 Å². The molecule has 7 nitrogen and oxygen atoms in total. The fraction of sp³-hybridized carbons (Fsp3) is 0.312. The molecule has 39 heavy (non-hydrogen) atoms. The summed E-state index contributed by atoms with van der Waals surface area (Å²) in [5.74, 6) is 0.161. The highest BCUT2D eigenvalue weighted by molar-refractivity contribution is 6.46. The second kappa shape index (κ2) is 12.1. The second-order valence-corrected chi connectivity index (χ2v) is 10.2. The van der Waals surface area contributed by atoms with Crippen LogP contribution in [-0.4, -0.2) is 49.0 Å². The number of Topliss-reactive ketones (excluding diaryl/α,β-unsaturated/α-hetero) is 1. The van der Waals surface area contributed by atoms with Gasteiger partial charge in [-0.2, -0.15) is 0 Å². The minimum atomic E-state index is -0.756. The molecule has 1 saturated heterocycles. The highest BCUT2D eigenvalue weighted by Gasteiger charge is 2.46. The van der Waals surface area contributed by atoms with Gasteiger partial charge in [-0.1, -0.05) is 38.1 Å². The van der Waals surface area contributed by atoms with Crippen LogP contribution in [0.5, 0.6) is 11.5 Å². The molecule has 3 aromatic rings. The molecule has 1 amide bonds. The number of anilines is 1. The fourth-order valence-corrected chi connectivity index (χ4v) is 4.57. The molecule has 1 atom stereocenters. The summed E-state index contributed by atoms with van der Waals surface area (Å²) in [4.78, 5) is 30.3. The molecule has 4 rings (SSSR count). The van der Waals surface area contributed by atoms with E-state index in [-0.39, 0.29) is 17.9 Å². The Kier molecular flexibility index (Phi) is 8.59. The zero-order chi connectivity index (χ0) is 28.1. The van der Waals surface area contributed by atoms with E-state index in [9.17, 15) is 14.7 Å². The standard InChI is InChI=1S/C32H36N2O5/c1-6-38-27-9-7-8-22(18-27)19-34-29(23-10-14-25(15-11-23)33(4)5)28(31(36)32(34)37)30(35)24-12-16-26(17-13-24)39-20-21(2)3/h7-18,21,29,35H,6,19-20H2,1-5H3/b30-28-. The van der Waals surface area contributed by atoms with Gasteiger partial charge in [0.2, 0.25) is 0 Å². The first kappa shape index (κ1) is 27.8. The summed E-state index contributed by atoms with van der Waals surface area (Å²) in [7, 11) is 3.89. The summed E-state index contributed by atoms with van der Waals surface area (Å²) >= 11 is 0. The molecule has 1 heterocycles. The van der Waals surface area contributed by atoms with Gasteiger partial charge < -0.3 is 24.4 Å². The monoisotopic (exact) mass is 528 g/mol. The minimum absolute atomic E-state index is 0.0643. The Labute approximate surface area is 230 Å². The van der Waals surface area contributed by atoms with Crippen molar-refractivity contribution in [2.24, 2.45) is 5.92 Å². The van der Waals surface area contributed by atoms with Crippen molar-refractivity contribution in [3.63, 3.8) is 0 Å². The van der Waals surface area contributed by atoms with Crippen LogP contribution >= 0.6 is 0 Å². The van der Waals surface area contributed by atoms with Crippen LogP contribution in [0, 0.1) is 5.92 Å². The molecule has 7 heteroatoms.